The number of carbonyl (C=O) groups excluding carboxylic acids is 2. The highest BCUT2D eigenvalue weighted by Crippen LogP contribution is 2.29. The lowest BCUT2D eigenvalue weighted by Crippen LogP contribution is -2.43. The summed E-state index contributed by atoms with van der Waals surface area (Å²) in [6, 6.07) is 10.3. The molecule has 3 N–H and O–H groups in total. The van der Waals surface area contributed by atoms with Gasteiger partial charge in [-0.3, -0.25) is 14.5 Å². The lowest BCUT2D eigenvalue weighted by atomic mass is 9.98. The summed E-state index contributed by atoms with van der Waals surface area (Å²) < 4.78 is 0. The van der Waals surface area contributed by atoms with E-state index in [1.54, 1.807) is 13.0 Å². The van der Waals surface area contributed by atoms with Gasteiger partial charge in [0, 0.05) is 57.3 Å². The van der Waals surface area contributed by atoms with E-state index in [4.69, 9.17) is 0 Å². The molecule has 1 saturated heterocycles. The Morgan fingerprint density at radius 2 is 1.80 bits per heavy atom. The van der Waals surface area contributed by atoms with Crippen molar-refractivity contribution in [1.82, 2.24) is 25.1 Å². The fraction of sp³-hybridized carbons (Fsp3) is 0.538. The van der Waals surface area contributed by atoms with Crippen molar-refractivity contribution in [3.8, 4) is 0 Å². The van der Waals surface area contributed by atoms with Crippen LogP contribution in [0.4, 0.5) is 5.82 Å². The normalized spacial score (nSPS) is 25.2. The number of hydrogen-bond acceptors (Lipinski definition) is 7. The van der Waals surface area contributed by atoms with E-state index >= 15 is 0 Å². The lowest BCUT2D eigenvalue weighted by molar-refractivity contribution is -0.129. The number of hydrogen-bond donors (Lipinski definition) is 3. The standard InChI is InChI=1S/C26H34N6O3/c1-17(33)31-10-7-20(8-11-31)29-25-14-22(27-16-28-25)26(35)30-21-12-23(24(34)13-21)32-9-6-18-4-2-3-5-19(18)15-32/h2-5,14,16,20-21,23-24,34H,6-13,15H2,1H3,(H,30,35)(H,27,28,29)/t21-,23-,24+/m0/s1. The molecule has 1 aromatic carbocycles. The van der Waals surface area contributed by atoms with Gasteiger partial charge in [-0.25, -0.2) is 9.97 Å². The van der Waals surface area contributed by atoms with Crippen LogP contribution in [0.3, 0.4) is 0 Å². The van der Waals surface area contributed by atoms with Crippen molar-refractivity contribution in [3.63, 3.8) is 0 Å². The first-order chi connectivity index (χ1) is 17.0. The number of piperidine rings is 1. The Labute approximate surface area is 205 Å². The van der Waals surface area contributed by atoms with Crippen molar-refractivity contribution < 1.29 is 14.7 Å². The predicted molar refractivity (Wildman–Crippen MR) is 132 cm³/mol. The highest BCUT2D eigenvalue weighted by atomic mass is 16.3. The van der Waals surface area contributed by atoms with Gasteiger partial charge in [0.05, 0.1) is 6.10 Å². The Kier molecular flexibility index (Phi) is 6.97. The molecule has 3 aliphatic rings. The van der Waals surface area contributed by atoms with Crippen molar-refractivity contribution in [3.05, 3.63) is 53.5 Å². The van der Waals surface area contributed by atoms with Gasteiger partial charge in [0.1, 0.15) is 17.8 Å². The summed E-state index contributed by atoms with van der Waals surface area (Å²) in [5.41, 5.74) is 3.03. The Bertz CT molecular complexity index is 1070. The molecule has 1 aliphatic carbocycles. The number of amides is 2. The maximum absolute atomic E-state index is 12.9. The van der Waals surface area contributed by atoms with E-state index in [1.165, 1.54) is 17.5 Å². The van der Waals surface area contributed by atoms with Crippen LogP contribution in [-0.2, 0) is 17.8 Å². The molecular formula is C26H34N6O3. The Morgan fingerprint density at radius 3 is 2.57 bits per heavy atom. The molecule has 0 bridgehead atoms. The monoisotopic (exact) mass is 478 g/mol. The number of fused-ring (bicyclic) bond motifs is 1. The number of nitrogens with zero attached hydrogens (tertiary/aromatic N) is 4. The van der Waals surface area contributed by atoms with Gasteiger partial charge >= 0.3 is 0 Å². The number of anilines is 1. The van der Waals surface area contributed by atoms with Crippen LogP contribution in [-0.4, -0.2) is 80.6 Å². The van der Waals surface area contributed by atoms with Gasteiger partial charge in [0.25, 0.3) is 5.91 Å². The van der Waals surface area contributed by atoms with Crippen LogP contribution in [0, 0.1) is 0 Å². The third-order valence-corrected chi connectivity index (χ3v) is 7.65. The van der Waals surface area contributed by atoms with Gasteiger partial charge in [-0.15, -0.1) is 0 Å². The van der Waals surface area contributed by atoms with E-state index in [2.05, 4.69) is 49.8 Å². The third-order valence-electron chi connectivity index (χ3n) is 7.65. The number of rotatable bonds is 5. The molecule has 0 unspecified atom stereocenters. The average Bonchev–Trinajstić information content (AvgIpc) is 3.24. The number of aliphatic hydroxyl groups excluding tert-OH is 1. The Balaban J connectivity index is 1.15. The third kappa shape index (κ3) is 5.46. The highest BCUT2D eigenvalue weighted by molar-refractivity contribution is 5.93. The summed E-state index contributed by atoms with van der Waals surface area (Å²) in [5.74, 6) is 0.472. The molecule has 9 nitrogen and oxygen atoms in total. The molecule has 186 valence electrons. The maximum atomic E-state index is 12.9. The van der Waals surface area contributed by atoms with Crippen molar-refractivity contribution >= 4 is 17.6 Å². The summed E-state index contributed by atoms with van der Waals surface area (Å²) in [6.07, 6.45) is 4.87. The van der Waals surface area contributed by atoms with Crippen molar-refractivity contribution in [2.45, 2.75) is 69.8 Å². The zero-order valence-electron chi connectivity index (χ0n) is 20.2. The van der Waals surface area contributed by atoms with Crippen LogP contribution in [0.5, 0.6) is 0 Å². The van der Waals surface area contributed by atoms with Crippen LogP contribution in [0.15, 0.2) is 36.7 Å². The molecular weight excluding hydrogens is 444 g/mol. The SMILES string of the molecule is CC(=O)N1CCC(Nc2cc(C(=O)N[C@@H]3C[C@@H](O)[C@@H](N4CCc5ccccc5C4)C3)ncn2)CC1. The maximum Gasteiger partial charge on any atom is 0.270 e. The molecule has 1 aromatic heterocycles. The first kappa shape index (κ1) is 23.7. The summed E-state index contributed by atoms with van der Waals surface area (Å²) >= 11 is 0. The second-order valence-corrected chi connectivity index (χ2v) is 9.98. The quantitative estimate of drug-likeness (QED) is 0.598. The minimum Gasteiger partial charge on any atom is -0.391 e. The minimum absolute atomic E-state index is 0.0390. The molecule has 2 aromatic rings. The van der Waals surface area contributed by atoms with Gasteiger partial charge in [-0.2, -0.15) is 0 Å². The van der Waals surface area contributed by atoms with Gasteiger partial charge < -0.3 is 20.6 Å². The van der Waals surface area contributed by atoms with E-state index in [0.29, 0.717) is 17.9 Å². The molecule has 0 radical (unpaired) electrons. The number of likely N-dealkylation sites (tertiary alicyclic amines) is 1. The van der Waals surface area contributed by atoms with Crippen LogP contribution in [0.2, 0.25) is 0 Å². The fourth-order valence-corrected chi connectivity index (χ4v) is 5.67. The van der Waals surface area contributed by atoms with Crippen molar-refractivity contribution in [2.75, 3.05) is 25.0 Å². The zero-order chi connectivity index (χ0) is 24.4. The Morgan fingerprint density at radius 1 is 1.03 bits per heavy atom. The van der Waals surface area contributed by atoms with Gasteiger partial charge in [-0.05, 0) is 43.2 Å². The second-order valence-electron chi connectivity index (χ2n) is 9.98. The molecule has 35 heavy (non-hydrogen) atoms. The molecule has 3 atom stereocenters. The minimum atomic E-state index is -0.464. The molecule has 1 saturated carbocycles. The number of aromatic nitrogens is 2. The Hall–Kier alpha value is -3.04. The molecule has 2 amide bonds. The highest BCUT2D eigenvalue weighted by Gasteiger charge is 2.38. The van der Waals surface area contributed by atoms with E-state index in [0.717, 1.165) is 51.9 Å². The molecule has 9 heteroatoms. The predicted octanol–water partition coefficient (Wildman–Crippen LogP) is 1.58. The molecule has 0 spiro atoms. The summed E-state index contributed by atoms with van der Waals surface area (Å²) in [5, 5.41) is 17.2. The summed E-state index contributed by atoms with van der Waals surface area (Å²) in [6.45, 7) is 4.80. The zero-order valence-corrected chi connectivity index (χ0v) is 20.2. The molecule has 3 heterocycles. The van der Waals surface area contributed by atoms with Gasteiger partial charge in [0.15, 0.2) is 0 Å². The number of carbonyl (C=O) groups is 2. The first-order valence-corrected chi connectivity index (χ1v) is 12.6. The van der Waals surface area contributed by atoms with Gasteiger partial charge in [0.2, 0.25) is 5.91 Å². The van der Waals surface area contributed by atoms with E-state index in [1.807, 2.05) is 4.90 Å². The van der Waals surface area contributed by atoms with Crippen LogP contribution >= 0.6 is 0 Å². The lowest BCUT2D eigenvalue weighted by Gasteiger charge is -2.35. The van der Waals surface area contributed by atoms with Crippen molar-refractivity contribution in [2.24, 2.45) is 0 Å². The van der Waals surface area contributed by atoms with E-state index < -0.39 is 6.10 Å². The largest absolute Gasteiger partial charge is 0.391 e. The fourth-order valence-electron chi connectivity index (χ4n) is 5.67. The van der Waals surface area contributed by atoms with Crippen molar-refractivity contribution in [1.29, 1.82) is 0 Å². The van der Waals surface area contributed by atoms with E-state index in [-0.39, 0.29) is 29.9 Å². The average molecular weight is 479 g/mol. The molecule has 2 aliphatic heterocycles. The number of aliphatic hydroxyl groups is 1. The number of benzene rings is 1. The van der Waals surface area contributed by atoms with Gasteiger partial charge in [-0.1, -0.05) is 24.3 Å². The summed E-state index contributed by atoms with van der Waals surface area (Å²) in [4.78, 5) is 37.1. The van der Waals surface area contributed by atoms with Crippen LogP contribution < -0.4 is 10.6 Å². The smallest absolute Gasteiger partial charge is 0.270 e. The molecule has 5 rings (SSSR count). The first-order valence-electron chi connectivity index (χ1n) is 12.6. The summed E-state index contributed by atoms with van der Waals surface area (Å²) in [7, 11) is 0. The van der Waals surface area contributed by atoms with Crippen LogP contribution in [0.25, 0.3) is 0 Å². The number of nitrogens with one attached hydrogen (secondary N) is 2. The topological polar surface area (TPSA) is 111 Å². The second kappa shape index (κ2) is 10.3. The van der Waals surface area contributed by atoms with Crippen LogP contribution in [0.1, 0.15) is 54.2 Å². The molecule has 2 fully saturated rings. The van der Waals surface area contributed by atoms with E-state index in [9.17, 15) is 14.7 Å².